The Morgan fingerprint density at radius 2 is 2.00 bits per heavy atom. The molecule has 0 spiro atoms. The van der Waals surface area contributed by atoms with Crippen LogP contribution in [0.4, 0.5) is 5.82 Å². The highest BCUT2D eigenvalue weighted by molar-refractivity contribution is 14.1. The van der Waals surface area contributed by atoms with E-state index in [1.54, 1.807) is 12.1 Å². The van der Waals surface area contributed by atoms with Crippen LogP contribution in [0.2, 0.25) is 10.4 Å². The Balaban J connectivity index is 2.28. The van der Waals surface area contributed by atoms with Gasteiger partial charge in [0.05, 0.1) is 5.56 Å². The van der Waals surface area contributed by atoms with E-state index in [1.807, 2.05) is 6.07 Å². The molecule has 4 nitrogen and oxygen atoms in total. The Morgan fingerprint density at radius 1 is 1.26 bits per heavy atom. The molecule has 0 radical (unpaired) electrons. The maximum atomic E-state index is 12.1. The van der Waals surface area contributed by atoms with Gasteiger partial charge in [0.25, 0.3) is 5.91 Å². The van der Waals surface area contributed by atoms with Crippen molar-refractivity contribution < 1.29 is 4.79 Å². The molecule has 1 amide bonds. The second kappa shape index (κ2) is 6.34. The van der Waals surface area contributed by atoms with Gasteiger partial charge in [-0.15, -0.1) is 0 Å². The molecule has 1 aromatic carbocycles. The Kier molecular flexibility index (Phi) is 4.99. The van der Waals surface area contributed by atoms with Crippen LogP contribution in [0.25, 0.3) is 0 Å². The zero-order valence-corrected chi connectivity index (χ0v) is 14.4. The van der Waals surface area contributed by atoms with Gasteiger partial charge in [-0.05, 0) is 68.3 Å². The number of anilines is 1. The third-order valence-electron chi connectivity index (χ3n) is 2.08. The van der Waals surface area contributed by atoms with Gasteiger partial charge in [-0.1, -0.05) is 11.6 Å². The molecule has 0 atom stereocenters. The average Bonchev–Trinajstić information content (AvgIpc) is 2.30. The van der Waals surface area contributed by atoms with Gasteiger partial charge < -0.3 is 5.32 Å². The number of halogens is 4. The summed E-state index contributed by atoms with van der Waals surface area (Å²) in [6.07, 6.45) is 0. The summed E-state index contributed by atoms with van der Waals surface area (Å²) in [5.41, 5.74) is 0.498. The van der Waals surface area contributed by atoms with Crippen LogP contribution in [-0.4, -0.2) is 15.9 Å². The van der Waals surface area contributed by atoms with Gasteiger partial charge in [-0.25, -0.2) is 9.97 Å². The summed E-state index contributed by atoms with van der Waals surface area (Å²) in [6, 6.07) is 6.87. The van der Waals surface area contributed by atoms with Crippen LogP contribution < -0.4 is 5.32 Å². The van der Waals surface area contributed by atoms with Crippen LogP contribution in [-0.2, 0) is 0 Å². The fraction of sp³-hybridized carbons (Fsp3) is 0. The van der Waals surface area contributed by atoms with E-state index in [9.17, 15) is 4.79 Å². The quantitative estimate of drug-likeness (QED) is 0.400. The lowest BCUT2D eigenvalue weighted by Gasteiger charge is -2.07. The van der Waals surface area contributed by atoms with Crippen molar-refractivity contribution in [2.45, 2.75) is 0 Å². The van der Waals surface area contributed by atoms with Crippen molar-refractivity contribution in [2.75, 3.05) is 5.32 Å². The molecule has 1 N–H and O–H groups in total. The van der Waals surface area contributed by atoms with E-state index >= 15 is 0 Å². The molecule has 0 saturated carbocycles. The van der Waals surface area contributed by atoms with E-state index < -0.39 is 0 Å². The molecule has 2 aromatic rings. The number of amides is 1. The largest absolute Gasteiger partial charge is 0.306 e. The Hall–Kier alpha value is -0.440. The van der Waals surface area contributed by atoms with Gasteiger partial charge in [0, 0.05) is 14.1 Å². The van der Waals surface area contributed by atoms with Crippen LogP contribution in [0.3, 0.4) is 0 Å². The molecule has 0 fully saturated rings. The van der Waals surface area contributed by atoms with Gasteiger partial charge in [-0.2, -0.15) is 0 Å². The number of carbonyl (C=O) groups is 1. The first kappa shape index (κ1) is 15.0. The second-order valence-electron chi connectivity index (χ2n) is 3.42. The van der Waals surface area contributed by atoms with E-state index in [4.69, 9.17) is 23.2 Å². The van der Waals surface area contributed by atoms with Gasteiger partial charge in [0.2, 0.25) is 5.28 Å². The summed E-state index contributed by atoms with van der Waals surface area (Å²) >= 11 is 16.9. The minimum Gasteiger partial charge on any atom is -0.306 e. The lowest BCUT2D eigenvalue weighted by molar-refractivity contribution is 0.102. The van der Waals surface area contributed by atoms with Gasteiger partial charge >= 0.3 is 0 Å². The van der Waals surface area contributed by atoms with Crippen LogP contribution in [0, 0.1) is 3.57 Å². The van der Waals surface area contributed by atoms with Gasteiger partial charge in [-0.3, -0.25) is 4.79 Å². The average molecular weight is 473 g/mol. The van der Waals surface area contributed by atoms with Gasteiger partial charge in [0.1, 0.15) is 11.0 Å². The zero-order chi connectivity index (χ0) is 14.0. The first-order chi connectivity index (χ1) is 8.95. The smallest absolute Gasteiger partial charge is 0.258 e. The number of benzene rings is 1. The van der Waals surface area contributed by atoms with Gasteiger partial charge in [0.15, 0.2) is 0 Å². The maximum Gasteiger partial charge on any atom is 0.258 e. The van der Waals surface area contributed by atoms with E-state index in [-0.39, 0.29) is 22.2 Å². The van der Waals surface area contributed by atoms with Crippen molar-refractivity contribution >= 4 is 73.4 Å². The Labute approximate surface area is 141 Å². The number of rotatable bonds is 2. The molecule has 0 bridgehead atoms. The number of carbonyl (C=O) groups excluding carboxylic acids is 1. The maximum absolute atomic E-state index is 12.1. The molecule has 98 valence electrons. The molecule has 1 heterocycles. The molecule has 0 aliphatic rings. The third-order valence-corrected chi connectivity index (χ3v) is 3.81. The van der Waals surface area contributed by atoms with Crippen LogP contribution in [0.5, 0.6) is 0 Å². The number of hydrogen-bond acceptors (Lipinski definition) is 3. The molecule has 8 heteroatoms. The topological polar surface area (TPSA) is 54.9 Å². The highest BCUT2D eigenvalue weighted by Crippen LogP contribution is 2.21. The molecule has 0 saturated heterocycles. The summed E-state index contributed by atoms with van der Waals surface area (Å²) in [5, 5.41) is 2.76. The van der Waals surface area contributed by atoms with Crippen molar-refractivity contribution in [3.05, 3.63) is 48.3 Å². The third kappa shape index (κ3) is 4.01. The lowest BCUT2D eigenvalue weighted by Crippen LogP contribution is -2.14. The molecule has 0 aliphatic carbocycles. The van der Waals surface area contributed by atoms with Crippen molar-refractivity contribution in [1.82, 2.24) is 9.97 Å². The number of aromatic nitrogens is 2. The Bertz CT molecular complexity index is 634. The SMILES string of the molecule is O=C(Nc1cc(Cl)nc(Cl)n1)c1cc(I)ccc1Br. The highest BCUT2D eigenvalue weighted by Gasteiger charge is 2.12. The van der Waals surface area contributed by atoms with E-state index in [1.165, 1.54) is 6.07 Å². The van der Waals surface area contributed by atoms with Crippen LogP contribution in [0.1, 0.15) is 10.4 Å². The van der Waals surface area contributed by atoms with Crippen LogP contribution >= 0.6 is 61.7 Å². The summed E-state index contributed by atoms with van der Waals surface area (Å²) in [4.78, 5) is 19.7. The number of nitrogens with zero attached hydrogens (tertiary/aromatic N) is 2. The lowest BCUT2D eigenvalue weighted by atomic mass is 10.2. The molecular formula is C11H5BrCl2IN3O. The normalized spacial score (nSPS) is 10.3. The molecule has 2 rings (SSSR count). The van der Waals surface area contributed by atoms with Crippen molar-refractivity contribution in [3.63, 3.8) is 0 Å². The number of nitrogens with one attached hydrogen (secondary N) is 1. The standard InChI is InChI=1S/C11H5BrCl2IN3O/c12-7-2-1-5(15)3-6(7)10(19)17-9-4-8(13)16-11(14)18-9/h1-4H,(H,16,17,18,19). The monoisotopic (exact) mass is 471 g/mol. The van der Waals surface area contributed by atoms with Crippen molar-refractivity contribution in [1.29, 1.82) is 0 Å². The fourth-order valence-corrected chi connectivity index (χ4v) is 2.64. The molecule has 1 aromatic heterocycles. The molecule has 0 aliphatic heterocycles. The minimum absolute atomic E-state index is 0.0236. The van der Waals surface area contributed by atoms with E-state index in [2.05, 4.69) is 53.8 Å². The summed E-state index contributed by atoms with van der Waals surface area (Å²) in [7, 11) is 0. The molecule has 0 unspecified atom stereocenters. The molecular weight excluding hydrogens is 468 g/mol. The summed E-state index contributed by atoms with van der Waals surface area (Å²) < 4.78 is 1.64. The minimum atomic E-state index is -0.309. The first-order valence-corrected chi connectivity index (χ1v) is 7.55. The zero-order valence-electron chi connectivity index (χ0n) is 9.12. The second-order valence-corrected chi connectivity index (χ2v) is 6.25. The Morgan fingerprint density at radius 3 is 2.68 bits per heavy atom. The van der Waals surface area contributed by atoms with E-state index in [0.29, 0.717) is 10.0 Å². The summed E-state index contributed by atoms with van der Waals surface area (Å²) in [6.45, 7) is 0. The predicted molar refractivity (Wildman–Crippen MR) is 86.9 cm³/mol. The fourth-order valence-electron chi connectivity index (χ4n) is 1.31. The first-order valence-electron chi connectivity index (χ1n) is 4.92. The van der Waals surface area contributed by atoms with Crippen LogP contribution in [0.15, 0.2) is 28.7 Å². The summed E-state index contributed by atoms with van der Waals surface area (Å²) in [5.74, 6) is -0.0583. The predicted octanol–water partition coefficient (Wildman–Crippen LogP) is 4.40. The molecule has 19 heavy (non-hydrogen) atoms. The highest BCUT2D eigenvalue weighted by atomic mass is 127. The number of hydrogen-bond donors (Lipinski definition) is 1. The van der Waals surface area contributed by atoms with Crippen molar-refractivity contribution in [2.24, 2.45) is 0 Å². The van der Waals surface area contributed by atoms with E-state index in [0.717, 1.165) is 3.57 Å². The van der Waals surface area contributed by atoms with Crippen molar-refractivity contribution in [3.8, 4) is 0 Å².